The Morgan fingerprint density at radius 2 is 1.97 bits per heavy atom. The van der Waals surface area contributed by atoms with Crippen molar-refractivity contribution in [2.75, 3.05) is 11.4 Å². The molecule has 0 atom stereocenters. The summed E-state index contributed by atoms with van der Waals surface area (Å²) in [5, 5.41) is 11.8. The molecule has 1 aromatic carbocycles. The first kappa shape index (κ1) is 20.6. The van der Waals surface area contributed by atoms with Gasteiger partial charge >= 0.3 is 0 Å². The second kappa shape index (κ2) is 7.70. The number of carbonyl (C=O) groups is 1. The number of thiophene rings is 1. The van der Waals surface area contributed by atoms with Gasteiger partial charge in [-0.25, -0.2) is 4.68 Å². The molecule has 1 amide bonds. The number of carbonyl (C=O) groups excluding carboxylic acids is 1. The summed E-state index contributed by atoms with van der Waals surface area (Å²) in [5.74, 6) is -0.134. The van der Waals surface area contributed by atoms with E-state index >= 15 is 0 Å². The normalized spacial score (nSPS) is 14.0. The molecule has 1 aliphatic heterocycles. The SMILES string of the molecule is CC(C)(C)n1ncc2c(-c3cccs3)nn(CC(=O)N3CCCc4ccccc43)c(=O)c21. The zero-order valence-corrected chi connectivity index (χ0v) is 19.2. The predicted molar refractivity (Wildman–Crippen MR) is 127 cm³/mol. The van der Waals surface area contributed by atoms with Crippen molar-refractivity contribution in [3.63, 3.8) is 0 Å². The standard InChI is InChI=1S/C24H25N5O2S/c1-24(2,3)29-22-17(14-25-29)21(19-11-7-13-32-19)26-28(23(22)31)15-20(30)27-12-6-9-16-8-4-5-10-18(16)27/h4-5,7-8,10-11,13-14H,6,9,12,15H2,1-3H3. The average Bonchev–Trinajstić information content (AvgIpc) is 3.45. The van der Waals surface area contributed by atoms with Gasteiger partial charge in [0.25, 0.3) is 5.56 Å². The molecular formula is C24H25N5O2S. The number of benzene rings is 1. The molecule has 0 N–H and O–H groups in total. The van der Waals surface area contributed by atoms with E-state index in [-0.39, 0.29) is 23.6 Å². The molecule has 0 bridgehead atoms. The van der Waals surface area contributed by atoms with Crippen molar-refractivity contribution in [1.29, 1.82) is 0 Å². The Morgan fingerprint density at radius 3 is 2.72 bits per heavy atom. The number of para-hydroxylation sites is 1. The van der Waals surface area contributed by atoms with Gasteiger partial charge in [0.1, 0.15) is 17.8 Å². The molecule has 4 heterocycles. The quantitative estimate of drug-likeness (QED) is 0.475. The van der Waals surface area contributed by atoms with E-state index in [1.807, 2.05) is 56.5 Å². The maximum Gasteiger partial charge on any atom is 0.293 e. The summed E-state index contributed by atoms with van der Waals surface area (Å²) >= 11 is 1.55. The minimum atomic E-state index is -0.386. The zero-order chi connectivity index (χ0) is 22.5. The van der Waals surface area contributed by atoms with Crippen molar-refractivity contribution in [3.05, 3.63) is 63.9 Å². The Morgan fingerprint density at radius 1 is 1.16 bits per heavy atom. The molecule has 0 spiro atoms. The van der Waals surface area contributed by atoms with Crippen LogP contribution in [0.25, 0.3) is 21.5 Å². The van der Waals surface area contributed by atoms with Crippen LogP contribution in [0.3, 0.4) is 0 Å². The van der Waals surface area contributed by atoms with Gasteiger partial charge in [-0.3, -0.25) is 14.3 Å². The molecule has 5 rings (SSSR count). The third-order valence-corrected chi connectivity index (χ3v) is 6.64. The minimum Gasteiger partial charge on any atom is -0.311 e. The smallest absolute Gasteiger partial charge is 0.293 e. The van der Waals surface area contributed by atoms with Crippen LogP contribution >= 0.6 is 11.3 Å². The Hall–Kier alpha value is -3.26. The summed E-state index contributed by atoms with van der Waals surface area (Å²) in [4.78, 5) is 29.6. The van der Waals surface area contributed by atoms with Crippen LogP contribution in [0.1, 0.15) is 32.8 Å². The van der Waals surface area contributed by atoms with E-state index in [9.17, 15) is 9.59 Å². The largest absolute Gasteiger partial charge is 0.311 e. The highest BCUT2D eigenvalue weighted by molar-refractivity contribution is 7.13. The number of fused-ring (bicyclic) bond motifs is 2. The van der Waals surface area contributed by atoms with Crippen LogP contribution in [-0.2, 0) is 23.3 Å². The van der Waals surface area contributed by atoms with E-state index in [1.165, 1.54) is 4.68 Å². The van der Waals surface area contributed by atoms with E-state index in [0.29, 0.717) is 23.1 Å². The highest BCUT2D eigenvalue weighted by atomic mass is 32.1. The van der Waals surface area contributed by atoms with Crippen LogP contribution in [0.15, 0.2) is 52.8 Å². The molecule has 164 valence electrons. The molecular weight excluding hydrogens is 422 g/mol. The molecule has 0 fully saturated rings. The van der Waals surface area contributed by atoms with Crippen molar-refractivity contribution in [3.8, 4) is 10.6 Å². The molecule has 0 unspecified atom stereocenters. The number of aryl methyl sites for hydroxylation is 1. The van der Waals surface area contributed by atoms with Crippen molar-refractivity contribution in [2.45, 2.75) is 45.7 Å². The number of nitrogens with zero attached hydrogens (tertiary/aromatic N) is 5. The first-order valence-electron chi connectivity index (χ1n) is 10.8. The van der Waals surface area contributed by atoms with Gasteiger partial charge in [0.15, 0.2) is 0 Å². The summed E-state index contributed by atoms with van der Waals surface area (Å²) in [6, 6.07) is 11.9. The monoisotopic (exact) mass is 447 g/mol. The van der Waals surface area contributed by atoms with Crippen LogP contribution in [0, 0.1) is 0 Å². The van der Waals surface area contributed by atoms with Crippen molar-refractivity contribution in [1.82, 2.24) is 19.6 Å². The Labute approximate surface area is 189 Å². The Bertz CT molecular complexity index is 1360. The summed E-state index contributed by atoms with van der Waals surface area (Å²) in [5.41, 5.74) is 2.55. The van der Waals surface area contributed by atoms with E-state index in [1.54, 1.807) is 27.1 Å². The maximum absolute atomic E-state index is 13.5. The number of aromatic nitrogens is 4. The highest BCUT2D eigenvalue weighted by Gasteiger charge is 2.26. The first-order valence-corrected chi connectivity index (χ1v) is 11.6. The van der Waals surface area contributed by atoms with Crippen LogP contribution in [0.4, 0.5) is 5.69 Å². The molecule has 32 heavy (non-hydrogen) atoms. The second-order valence-corrected chi connectivity index (χ2v) is 10.0. The number of amides is 1. The van der Waals surface area contributed by atoms with Crippen LogP contribution in [0.2, 0.25) is 0 Å². The maximum atomic E-state index is 13.5. The molecule has 8 heteroatoms. The molecule has 4 aromatic rings. The lowest BCUT2D eigenvalue weighted by Crippen LogP contribution is -2.40. The number of rotatable bonds is 3. The van der Waals surface area contributed by atoms with E-state index in [2.05, 4.69) is 16.3 Å². The topological polar surface area (TPSA) is 73.0 Å². The van der Waals surface area contributed by atoms with E-state index < -0.39 is 0 Å². The third kappa shape index (κ3) is 3.44. The van der Waals surface area contributed by atoms with Gasteiger partial charge in [-0.2, -0.15) is 10.2 Å². The molecule has 0 saturated carbocycles. The lowest BCUT2D eigenvalue weighted by Gasteiger charge is -2.29. The number of hydrogen-bond acceptors (Lipinski definition) is 5. The fourth-order valence-corrected chi connectivity index (χ4v) is 5.01. The van der Waals surface area contributed by atoms with E-state index in [4.69, 9.17) is 0 Å². The molecule has 3 aromatic heterocycles. The van der Waals surface area contributed by atoms with Gasteiger partial charge in [0.05, 0.1) is 22.0 Å². The minimum absolute atomic E-state index is 0.114. The van der Waals surface area contributed by atoms with Crippen LogP contribution < -0.4 is 10.5 Å². The van der Waals surface area contributed by atoms with Gasteiger partial charge in [-0.05, 0) is 56.7 Å². The molecule has 0 saturated heterocycles. The average molecular weight is 448 g/mol. The fourth-order valence-electron chi connectivity index (χ4n) is 4.29. The summed E-state index contributed by atoms with van der Waals surface area (Å²) in [6.07, 6.45) is 3.57. The van der Waals surface area contributed by atoms with Gasteiger partial charge in [0.2, 0.25) is 5.91 Å². The summed E-state index contributed by atoms with van der Waals surface area (Å²) in [7, 11) is 0. The highest BCUT2D eigenvalue weighted by Crippen LogP contribution is 2.31. The number of hydrogen-bond donors (Lipinski definition) is 0. The van der Waals surface area contributed by atoms with E-state index in [0.717, 1.165) is 29.0 Å². The molecule has 0 aliphatic carbocycles. The van der Waals surface area contributed by atoms with Crippen LogP contribution in [-0.4, -0.2) is 32.0 Å². The van der Waals surface area contributed by atoms with Gasteiger partial charge in [-0.1, -0.05) is 24.3 Å². The first-order chi connectivity index (χ1) is 15.3. The number of anilines is 1. The van der Waals surface area contributed by atoms with Crippen molar-refractivity contribution < 1.29 is 4.79 Å². The Kier molecular flexibility index (Phi) is 4.97. The van der Waals surface area contributed by atoms with Gasteiger partial charge in [0, 0.05) is 12.2 Å². The Balaban J connectivity index is 1.63. The summed E-state index contributed by atoms with van der Waals surface area (Å²) in [6.45, 7) is 6.54. The predicted octanol–water partition coefficient (Wildman–Crippen LogP) is 4.06. The summed E-state index contributed by atoms with van der Waals surface area (Å²) < 4.78 is 3.04. The zero-order valence-electron chi connectivity index (χ0n) is 18.4. The van der Waals surface area contributed by atoms with Crippen molar-refractivity contribution >= 4 is 33.8 Å². The van der Waals surface area contributed by atoms with Crippen LogP contribution in [0.5, 0.6) is 0 Å². The third-order valence-electron chi connectivity index (χ3n) is 5.77. The lowest BCUT2D eigenvalue weighted by atomic mass is 10.0. The van der Waals surface area contributed by atoms with Crippen molar-refractivity contribution in [2.24, 2.45) is 0 Å². The molecule has 7 nitrogen and oxygen atoms in total. The fraction of sp³-hybridized carbons (Fsp3) is 0.333. The van der Waals surface area contributed by atoms with Gasteiger partial charge < -0.3 is 4.90 Å². The molecule has 1 aliphatic rings. The lowest BCUT2D eigenvalue weighted by molar-refractivity contribution is -0.119. The van der Waals surface area contributed by atoms with Gasteiger partial charge in [-0.15, -0.1) is 11.3 Å². The second-order valence-electron chi connectivity index (χ2n) is 9.06. The molecule has 0 radical (unpaired) electrons.